The molecule has 1 aromatic rings. The van der Waals surface area contributed by atoms with Crippen LogP contribution in [0.3, 0.4) is 0 Å². The van der Waals surface area contributed by atoms with Gasteiger partial charge in [-0.15, -0.1) is 0 Å². The average Bonchev–Trinajstić information content (AvgIpc) is 2.39. The summed E-state index contributed by atoms with van der Waals surface area (Å²) < 4.78 is 0. The fourth-order valence-electron chi connectivity index (χ4n) is 3.12. The summed E-state index contributed by atoms with van der Waals surface area (Å²) >= 11 is 6.24. The molecule has 20 heavy (non-hydrogen) atoms. The molecule has 0 spiro atoms. The Bertz CT molecular complexity index is 398. The van der Waals surface area contributed by atoms with Crippen molar-refractivity contribution in [2.24, 2.45) is 5.92 Å². The van der Waals surface area contributed by atoms with Gasteiger partial charge in [0, 0.05) is 17.7 Å². The molecule has 0 saturated heterocycles. The van der Waals surface area contributed by atoms with Crippen LogP contribution in [0.5, 0.6) is 0 Å². The van der Waals surface area contributed by atoms with Crippen LogP contribution in [-0.4, -0.2) is 24.3 Å². The van der Waals surface area contributed by atoms with Gasteiger partial charge in [-0.25, -0.2) is 0 Å². The first-order valence-electron chi connectivity index (χ1n) is 7.83. The molecular weight excluding hydrogens is 270 g/mol. The van der Waals surface area contributed by atoms with Crippen LogP contribution in [-0.2, 0) is 0 Å². The highest BCUT2D eigenvalue weighted by Gasteiger charge is 2.31. The lowest BCUT2D eigenvalue weighted by molar-refractivity contribution is 0.228. The van der Waals surface area contributed by atoms with Crippen LogP contribution in [0, 0.1) is 5.92 Å². The highest BCUT2D eigenvalue weighted by molar-refractivity contribution is 6.31. The monoisotopic (exact) mass is 295 g/mol. The predicted octanol–water partition coefficient (Wildman–Crippen LogP) is 3.97. The third-order valence-electron chi connectivity index (χ3n) is 4.41. The Kier molecular flexibility index (Phi) is 6.34. The zero-order valence-corrected chi connectivity index (χ0v) is 13.1. The Hall–Kier alpha value is -0.570. The summed E-state index contributed by atoms with van der Waals surface area (Å²) in [6, 6.07) is 8.81. The molecule has 1 saturated carbocycles. The van der Waals surface area contributed by atoms with E-state index in [9.17, 15) is 0 Å². The molecule has 1 aliphatic carbocycles. The van der Waals surface area contributed by atoms with Crippen LogP contribution in [0.4, 0.5) is 0 Å². The van der Waals surface area contributed by atoms with E-state index in [1.807, 2.05) is 12.1 Å². The standard InChI is InChI=1S/C17H26ClNO/c1-2-5-13(8-9-20)12-19-15-10-14(11-15)16-6-3-4-7-17(16)18/h3-4,6-7,13-15,19-20H,2,5,8-12H2,1H3. The Morgan fingerprint density at radius 1 is 1.30 bits per heavy atom. The Balaban J connectivity index is 1.72. The van der Waals surface area contributed by atoms with Gasteiger partial charge in [-0.05, 0) is 55.7 Å². The van der Waals surface area contributed by atoms with Crippen molar-refractivity contribution in [3.63, 3.8) is 0 Å². The van der Waals surface area contributed by atoms with Gasteiger partial charge in [0.2, 0.25) is 0 Å². The molecule has 2 nitrogen and oxygen atoms in total. The Morgan fingerprint density at radius 3 is 2.70 bits per heavy atom. The number of rotatable bonds is 8. The summed E-state index contributed by atoms with van der Waals surface area (Å²) in [7, 11) is 0. The SMILES string of the molecule is CCCC(CCO)CNC1CC(c2ccccc2Cl)C1. The normalized spacial score (nSPS) is 23.4. The van der Waals surface area contributed by atoms with Crippen LogP contribution in [0.25, 0.3) is 0 Å². The van der Waals surface area contributed by atoms with E-state index in [0.29, 0.717) is 24.5 Å². The first kappa shape index (κ1) is 15.8. The zero-order chi connectivity index (χ0) is 14.4. The largest absolute Gasteiger partial charge is 0.396 e. The lowest BCUT2D eigenvalue weighted by Gasteiger charge is -2.37. The maximum absolute atomic E-state index is 9.08. The van der Waals surface area contributed by atoms with E-state index in [2.05, 4.69) is 24.4 Å². The smallest absolute Gasteiger partial charge is 0.0440 e. The van der Waals surface area contributed by atoms with E-state index in [1.165, 1.54) is 31.2 Å². The number of aliphatic hydroxyl groups is 1. The topological polar surface area (TPSA) is 32.3 Å². The number of nitrogens with one attached hydrogen (secondary N) is 1. The lowest BCUT2D eigenvalue weighted by Crippen LogP contribution is -2.42. The number of aliphatic hydroxyl groups excluding tert-OH is 1. The molecule has 1 fully saturated rings. The molecule has 1 unspecified atom stereocenters. The van der Waals surface area contributed by atoms with Crippen molar-refractivity contribution in [3.05, 3.63) is 34.9 Å². The first-order valence-corrected chi connectivity index (χ1v) is 8.21. The highest BCUT2D eigenvalue weighted by atomic mass is 35.5. The molecule has 0 amide bonds. The number of hydrogen-bond acceptors (Lipinski definition) is 2. The number of halogens is 1. The average molecular weight is 296 g/mol. The van der Waals surface area contributed by atoms with Gasteiger partial charge >= 0.3 is 0 Å². The van der Waals surface area contributed by atoms with Gasteiger partial charge in [-0.2, -0.15) is 0 Å². The van der Waals surface area contributed by atoms with Gasteiger partial charge in [-0.1, -0.05) is 43.1 Å². The second-order valence-corrected chi connectivity index (χ2v) is 6.37. The van der Waals surface area contributed by atoms with E-state index < -0.39 is 0 Å². The minimum atomic E-state index is 0.305. The third-order valence-corrected chi connectivity index (χ3v) is 4.76. The molecule has 2 rings (SSSR count). The van der Waals surface area contributed by atoms with Gasteiger partial charge in [0.15, 0.2) is 0 Å². The van der Waals surface area contributed by atoms with Crippen LogP contribution in [0.2, 0.25) is 5.02 Å². The van der Waals surface area contributed by atoms with Gasteiger partial charge in [0.25, 0.3) is 0 Å². The minimum absolute atomic E-state index is 0.305. The fraction of sp³-hybridized carbons (Fsp3) is 0.647. The number of hydrogen-bond donors (Lipinski definition) is 2. The van der Waals surface area contributed by atoms with Crippen LogP contribution in [0.15, 0.2) is 24.3 Å². The highest BCUT2D eigenvalue weighted by Crippen LogP contribution is 2.39. The predicted molar refractivity (Wildman–Crippen MR) is 85.3 cm³/mol. The Morgan fingerprint density at radius 2 is 2.05 bits per heavy atom. The van der Waals surface area contributed by atoms with Crippen molar-refractivity contribution in [1.29, 1.82) is 0 Å². The van der Waals surface area contributed by atoms with Crippen LogP contribution in [0.1, 0.15) is 50.5 Å². The second kappa shape index (κ2) is 8.02. The molecule has 0 radical (unpaired) electrons. The van der Waals surface area contributed by atoms with Crippen LogP contribution >= 0.6 is 11.6 Å². The van der Waals surface area contributed by atoms with Crippen molar-refractivity contribution in [3.8, 4) is 0 Å². The van der Waals surface area contributed by atoms with Crippen LogP contribution < -0.4 is 5.32 Å². The third kappa shape index (κ3) is 4.21. The number of benzene rings is 1. The van der Waals surface area contributed by atoms with E-state index in [0.717, 1.165) is 18.0 Å². The van der Waals surface area contributed by atoms with Crippen molar-refractivity contribution in [2.75, 3.05) is 13.2 Å². The molecule has 1 atom stereocenters. The lowest BCUT2D eigenvalue weighted by atomic mass is 9.75. The van der Waals surface area contributed by atoms with Crippen molar-refractivity contribution < 1.29 is 5.11 Å². The quantitative estimate of drug-likeness (QED) is 0.760. The van der Waals surface area contributed by atoms with Crippen molar-refractivity contribution in [2.45, 2.75) is 51.0 Å². The summed E-state index contributed by atoms with van der Waals surface area (Å²) in [5.74, 6) is 1.23. The molecule has 0 aliphatic heterocycles. The summed E-state index contributed by atoms with van der Waals surface area (Å²) in [6.07, 6.45) is 5.68. The molecule has 0 aromatic heterocycles. The molecule has 2 N–H and O–H groups in total. The Labute approximate surface area is 127 Å². The molecular formula is C17H26ClNO. The second-order valence-electron chi connectivity index (χ2n) is 5.96. The summed E-state index contributed by atoms with van der Waals surface area (Å²) in [5.41, 5.74) is 1.30. The van der Waals surface area contributed by atoms with Gasteiger partial charge in [0.05, 0.1) is 0 Å². The maximum atomic E-state index is 9.08. The molecule has 0 bridgehead atoms. The van der Waals surface area contributed by atoms with Crippen molar-refractivity contribution >= 4 is 11.6 Å². The maximum Gasteiger partial charge on any atom is 0.0440 e. The van der Waals surface area contributed by atoms with Crippen molar-refractivity contribution in [1.82, 2.24) is 5.32 Å². The molecule has 1 aliphatic rings. The molecule has 0 heterocycles. The zero-order valence-electron chi connectivity index (χ0n) is 12.3. The summed E-state index contributed by atoms with van der Waals surface area (Å²) in [6.45, 7) is 3.55. The van der Waals surface area contributed by atoms with E-state index in [4.69, 9.17) is 16.7 Å². The van der Waals surface area contributed by atoms with Gasteiger partial charge < -0.3 is 10.4 Å². The van der Waals surface area contributed by atoms with Gasteiger partial charge in [-0.3, -0.25) is 0 Å². The molecule has 3 heteroatoms. The first-order chi connectivity index (χ1) is 9.74. The minimum Gasteiger partial charge on any atom is -0.396 e. The molecule has 1 aromatic carbocycles. The molecule has 112 valence electrons. The van der Waals surface area contributed by atoms with E-state index in [-0.39, 0.29) is 0 Å². The fourth-order valence-corrected chi connectivity index (χ4v) is 3.41. The summed E-state index contributed by atoms with van der Waals surface area (Å²) in [4.78, 5) is 0. The van der Waals surface area contributed by atoms with E-state index >= 15 is 0 Å². The summed E-state index contributed by atoms with van der Waals surface area (Å²) in [5, 5.41) is 13.6. The van der Waals surface area contributed by atoms with Gasteiger partial charge in [0.1, 0.15) is 0 Å². The van der Waals surface area contributed by atoms with E-state index in [1.54, 1.807) is 0 Å².